The molecule has 0 spiro atoms. The maximum absolute atomic E-state index is 5.05. The first-order valence-corrected chi connectivity index (χ1v) is 22.4. The van der Waals surface area contributed by atoms with Crippen molar-refractivity contribution in [3.63, 3.8) is 0 Å². The van der Waals surface area contributed by atoms with E-state index >= 15 is 0 Å². The molecule has 0 bridgehead atoms. The Morgan fingerprint density at radius 3 is 1.69 bits per heavy atom. The highest BCUT2D eigenvalue weighted by molar-refractivity contribution is 9.11. The van der Waals surface area contributed by atoms with Gasteiger partial charge in [-0.2, -0.15) is 0 Å². The van der Waals surface area contributed by atoms with Crippen molar-refractivity contribution in [1.29, 1.82) is 0 Å². The number of halogens is 2. The molecular weight excluding hydrogens is 886 g/mol. The van der Waals surface area contributed by atoms with Crippen molar-refractivity contribution in [2.45, 2.75) is 0 Å². The topological polar surface area (TPSA) is 19.4 Å². The van der Waals surface area contributed by atoms with Crippen LogP contribution in [-0.2, 0) is 0 Å². The van der Waals surface area contributed by atoms with Gasteiger partial charge in [-0.3, -0.25) is 4.90 Å². The van der Waals surface area contributed by atoms with E-state index in [1.54, 1.807) is 0 Å². The average molecular weight is 920 g/mol. The summed E-state index contributed by atoms with van der Waals surface area (Å²) in [6, 6.07) is 70.8. The monoisotopic (exact) mass is 917 g/mol. The van der Waals surface area contributed by atoms with Crippen molar-refractivity contribution in [1.82, 2.24) is 4.98 Å². The van der Waals surface area contributed by atoms with Crippen LogP contribution < -0.4 is 9.80 Å². The quantitative estimate of drug-likeness (QED) is 0.175. The molecule has 290 valence electrons. The summed E-state index contributed by atoms with van der Waals surface area (Å²) >= 11 is 7.90. The molecule has 13 rings (SSSR count). The number of benzene rings is 10. The van der Waals surface area contributed by atoms with Crippen LogP contribution in [-0.4, -0.2) is 4.98 Å². The van der Waals surface area contributed by atoms with E-state index in [1.807, 2.05) is 6.20 Å². The van der Waals surface area contributed by atoms with Gasteiger partial charge in [0.25, 0.3) is 0 Å². The Morgan fingerprint density at radius 1 is 0.323 bits per heavy atom. The molecule has 0 fully saturated rings. The SMILES string of the molecule is Brc1cccc2cccc(N3c4ncccc4-c4cc(-c5ccc(-c6ccc(N7c8ccccc8-c8cccc9cccc7c89)c7c(Br)cccc67)cc5)cc5cccc3c45)c12. The third-order valence-electron chi connectivity index (χ3n) is 12.9. The fourth-order valence-corrected chi connectivity index (χ4v) is 11.4. The molecule has 2 aliphatic heterocycles. The van der Waals surface area contributed by atoms with Crippen molar-refractivity contribution in [3.8, 4) is 44.5 Å². The van der Waals surface area contributed by atoms with Gasteiger partial charge in [0, 0.05) is 47.8 Å². The van der Waals surface area contributed by atoms with Crippen LogP contribution in [0.1, 0.15) is 0 Å². The summed E-state index contributed by atoms with van der Waals surface area (Å²) in [6.45, 7) is 0. The highest BCUT2D eigenvalue weighted by Gasteiger charge is 2.30. The number of para-hydroxylation sites is 1. The third-order valence-corrected chi connectivity index (χ3v) is 14.2. The number of nitrogens with zero attached hydrogens (tertiary/aromatic N) is 3. The number of pyridine rings is 1. The van der Waals surface area contributed by atoms with Gasteiger partial charge in [-0.25, -0.2) is 4.98 Å². The molecule has 11 aromatic rings. The van der Waals surface area contributed by atoms with Gasteiger partial charge in [-0.05, 0) is 122 Å². The predicted molar refractivity (Wildman–Crippen MR) is 268 cm³/mol. The van der Waals surface area contributed by atoms with Gasteiger partial charge < -0.3 is 4.90 Å². The van der Waals surface area contributed by atoms with Crippen LogP contribution in [0, 0.1) is 0 Å². The van der Waals surface area contributed by atoms with Crippen LogP contribution >= 0.6 is 31.9 Å². The van der Waals surface area contributed by atoms with E-state index in [0.29, 0.717) is 0 Å². The van der Waals surface area contributed by atoms with Gasteiger partial charge >= 0.3 is 0 Å². The Morgan fingerprint density at radius 2 is 0.887 bits per heavy atom. The van der Waals surface area contributed by atoms with Crippen molar-refractivity contribution >= 4 is 109 Å². The minimum Gasteiger partial charge on any atom is -0.309 e. The first-order valence-electron chi connectivity index (χ1n) is 20.8. The molecule has 0 saturated heterocycles. The molecule has 0 radical (unpaired) electrons. The second kappa shape index (κ2) is 13.7. The van der Waals surface area contributed by atoms with Gasteiger partial charge in [-0.1, -0.05) is 159 Å². The first kappa shape index (κ1) is 35.7. The van der Waals surface area contributed by atoms with Gasteiger partial charge in [0.2, 0.25) is 0 Å². The van der Waals surface area contributed by atoms with Gasteiger partial charge in [0.05, 0.1) is 28.4 Å². The van der Waals surface area contributed by atoms with E-state index in [1.165, 1.54) is 93.4 Å². The molecule has 0 saturated carbocycles. The summed E-state index contributed by atoms with van der Waals surface area (Å²) in [4.78, 5) is 9.84. The fourth-order valence-electron chi connectivity index (χ4n) is 10.2. The highest BCUT2D eigenvalue weighted by Crippen LogP contribution is 2.55. The normalized spacial score (nSPS) is 12.6. The van der Waals surface area contributed by atoms with Crippen LogP contribution in [0.5, 0.6) is 0 Å². The second-order valence-corrected chi connectivity index (χ2v) is 17.8. The zero-order valence-electron chi connectivity index (χ0n) is 33.2. The largest absolute Gasteiger partial charge is 0.309 e. The number of fused-ring (bicyclic) bond motifs is 6. The Hall–Kier alpha value is -7.05. The molecule has 3 heterocycles. The summed E-state index contributed by atoms with van der Waals surface area (Å²) in [5.41, 5.74) is 15.3. The first-order chi connectivity index (χ1) is 30.6. The van der Waals surface area contributed by atoms with Crippen LogP contribution in [0.3, 0.4) is 0 Å². The number of hydrogen-bond acceptors (Lipinski definition) is 3. The summed E-state index contributed by atoms with van der Waals surface area (Å²) in [5, 5.41) is 9.67. The van der Waals surface area contributed by atoms with Crippen molar-refractivity contribution in [2.75, 3.05) is 9.80 Å². The minimum atomic E-state index is 0.929. The van der Waals surface area contributed by atoms with Crippen LogP contribution in [0.2, 0.25) is 0 Å². The maximum atomic E-state index is 5.05. The Labute approximate surface area is 375 Å². The molecule has 0 atom stereocenters. The standard InChI is InChI=1S/C57H33Br2N3/c58-46-19-4-11-37-13-6-24-51(55(37)46)62-50-23-7-14-38-32-39(33-45(54(38)50)44-18-9-31-60-57(44)62)34-25-27-35(28-26-34)40-29-30-52(56-42(40)17-8-20-47(56)59)61-48-21-2-1-15-41(48)43-16-3-10-36-12-5-22-49(61)53(36)43/h1-33H. The molecule has 10 aromatic carbocycles. The molecule has 5 heteroatoms. The van der Waals surface area contributed by atoms with Gasteiger partial charge in [0.15, 0.2) is 0 Å². The molecule has 0 unspecified atom stereocenters. The van der Waals surface area contributed by atoms with Crippen molar-refractivity contribution < 1.29 is 0 Å². The minimum absolute atomic E-state index is 0.929. The van der Waals surface area contributed by atoms with Crippen LogP contribution in [0.15, 0.2) is 209 Å². The molecule has 2 aliphatic rings. The smallest absolute Gasteiger partial charge is 0.145 e. The molecule has 1 aromatic heterocycles. The third kappa shape index (κ3) is 5.19. The van der Waals surface area contributed by atoms with E-state index in [4.69, 9.17) is 4.98 Å². The Balaban J connectivity index is 0.932. The zero-order chi connectivity index (χ0) is 41.1. The maximum Gasteiger partial charge on any atom is 0.145 e. The van der Waals surface area contributed by atoms with Crippen molar-refractivity contribution in [3.05, 3.63) is 209 Å². The molecular formula is C57H33Br2N3. The average Bonchev–Trinajstić information content (AvgIpc) is 3.32. The molecule has 3 nitrogen and oxygen atoms in total. The summed E-state index contributed by atoms with van der Waals surface area (Å²) < 4.78 is 2.13. The molecule has 0 amide bonds. The predicted octanol–water partition coefficient (Wildman–Crippen LogP) is 17.5. The van der Waals surface area contributed by atoms with E-state index in [2.05, 4.69) is 236 Å². The molecule has 0 N–H and O–H groups in total. The van der Waals surface area contributed by atoms with E-state index in [-0.39, 0.29) is 0 Å². The lowest BCUT2D eigenvalue weighted by Gasteiger charge is -2.34. The van der Waals surface area contributed by atoms with Crippen molar-refractivity contribution in [2.24, 2.45) is 0 Å². The summed E-state index contributed by atoms with van der Waals surface area (Å²) in [6.07, 6.45) is 1.90. The highest BCUT2D eigenvalue weighted by atomic mass is 79.9. The Bertz CT molecular complexity index is 3680. The molecule has 0 aliphatic carbocycles. The number of aromatic nitrogens is 1. The summed E-state index contributed by atoms with van der Waals surface area (Å²) in [5.74, 6) is 0.929. The summed E-state index contributed by atoms with van der Waals surface area (Å²) in [7, 11) is 0. The number of anilines is 6. The number of hydrogen-bond donors (Lipinski definition) is 0. The molecule has 62 heavy (non-hydrogen) atoms. The second-order valence-electron chi connectivity index (χ2n) is 16.1. The van der Waals surface area contributed by atoms with Gasteiger partial charge in [0.1, 0.15) is 5.82 Å². The van der Waals surface area contributed by atoms with E-state index in [0.717, 1.165) is 37.4 Å². The fraction of sp³-hybridized carbons (Fsp3) is 0. The van der Waals surface area contributed by atoms with Crippen LogP contribution in [0.4, 0.5) is 34.3 Å². The van der Waals surface area contributed by atoms with E-state index < -0.39 is 0 Å². The van der Waals surface area contributed by atoms with E-state index in [9.17, 15) is 0 Å². The van der Waals surface area contributed by atoms with Crippen LogP contribution in [0.25, 0.3) is 87.6 Å². The van der Waals surface area contributed by atoms with Gasteiger partial charge in [-0.15, -0.1) is 0 Å². The lowest BCUT2D eigenvalue weighted by Crippen LogP contribution is -2.17. The lowest BCUT2D eigenvalue weighted by molar-refractivity contribution is 1.19. The lowest BCUT2D eigenvalue weighted by atomic mass is 9.88. The Kier molecular flexibility index (Phi) is 7.90. The zero-order valence-corrected chi connectivity index (χ0v) is 36.3. The number of rotatable bonds is 4.